The van der Waals surface area contributed by atoms with Crippen molar-refractivity contribution in [1.29, 1.82) is 0 Å². The zero-order valence-electron chi connectivity index (χ0n) is 12.7. The van der Waals surface area contributed by atoms with Crippen LogP contribution in [0.15, 0.2) is 42.5 Å². The summed E-state index contributed by atoms with van der Waals surface area (Å²) in [7, 11) is 2.82. The fourth-order valence-corrected chi connectivity index (χ4v) is 1.95. The second-order valence-electron chi connectivity index (χ2n) is 4.55. The summed E-state index contributed by atoms with van der Waals surface area (Å²) in [5.74, 6) is -1.48. The van der Waals surface area contributed by atoms with Crippen molar-refractivity contribution in [1.82, 2.24) is 0 Å². The first-order chi connectivity index (χ1) is 11.1. The number of ether oxygens (including phenoxy) is 3. The maximum Gasteiger partial charge on any atom is 0.341 e. The van der Waals surface area contributed by atoms with Crippen LogP contribution in [-0.2, 0) is 4.74 Å². The zero-order chi connectivity index (χ0) is 16.8. The molecule has 0 N–H and O–H groups in total. The average molecular weight is 318 g/mol. The summed E-state index contributed by atoms with van der Waals surface area (Å²) >= 11 is 0. The molecule has 23 heavy (non-hydrogen) atoms. The highest BCUT2D eigenvalue weighted by atomic mass is 19.1. The van der Waals surface area contributed by atoms with Crippen LogP contribution in [0, 0.1) is 5.82 Å². The molecular weight excluding hydrogens is 303 g/mol. The van der Waals surface area contributed by atoms with Crippen LogP contribution in [-0.4, -0.2) is 32.6 Å². The van der Waals surface area contributed by atoms with E-state index in [0.717, 1.165) is 6.07 Å². The van der Waals surface area contributed by atoms with Gasteiger partial charge in [-0.3, -0.25) is 4.79 Å². The first kappa shape index (κ1) is 16.5. The van der Waals surface area contributed by atoms with E-state index in [1.165, 1.54) is 26.4 Å². The van der Waals surface area contributed by atoms with Gasteiger partial charge in [-0.1, -0.05) is 12.1 Å². The third-order valence-electron chi connectivity index (χ3n) is 3.14. The van der Waals surface area contributed by atoms with Crippen molar-refractivity contribution in [2.75, 3.05) is 20.8 Å². The Balaban J connectivity index is 2.05. The highest BCUT2D eigenvalue weighted by molar-refractivity contribution is 6.01. The molecule has 2 rings (SSSR count). The van der Waals surface area contributed by atoms with Gasteiger partial charge in [0.05, 0.1) is 25.3 Å². The number of rotatable bonds is 6. The van der Waals surface area contributed by atoms with Crippen molar-refractivity contribution >= 4 is 11.8 Å². The molecule has 0 aliphatic rings. The fourth-order valence-electron chi connectivity index (χ4n) is 1.95. The number of esters is 1. The number of methoxy groups -OCH3 is 2. The molecule has 0 atom stereocenters. The second kappa shape index (κ2) is 7.40. The Kier molecular flexibility index (Phi) is 5.30. The number of carbonyl (C=O) groups excluding carboxylic acids is 2. The molecule has 6 heteroatoms. The average Bonchev–Trinajstić information content (AvgIpc) is 2.59. The molecule has 0 heterocycles. The molecule has 0 unspecified atom stereocenters. The Bertz CT molecular complexity index is 727. The SMILES string of the molecule is COc1ccc(C(=O)OCC(=O)c2ccccc2OC)c(F)c1. The lowest BCUT2D eigenvalue weighted by Gasteiger charge is -2.09. The monoisotopic (exact) mass is 318 g/mol. The van der Waals surface area contributed by atoms with Gasteiger partial charge in [-0.25, -0.2) is 9.18 Å². The van der Waals surface area contributed by atoms with Crippen molar-refractivity contribution in [2.24, 2.45) is 0 Å². The number of hydrogen-bond donors (Lipinski definition) is 0. The van der Waals surface area contributed by atoms with Crippen LogP contribution in [0.25, 0.3) is 0 Å². The van der Waals surface area contributed by atoms with Gasteiger partial charge < -0.3 is 14.2 Å². The Morgan fingerprint density at radius 3 is 2.39 bits per heavy atom. The highest BCUT2D eigenvalue weighted by Crippen LogP contribution is 2.19. The molecule has 0 fully saturated rings. The van der Waals surface area contributed by atoms with E-state index in [4.69, 9.17) is 14.2 Å². The molecular formula is C17H15FO5. The number of para-hydroxylation sites is 1. The molecule has 0 aromatic heterocycles. The summed E-state index contributed by atoms with van der Waals surface area (Å²) in [4.78, 5) is 23.9. The van der Waals surface area contributed by atoms with Crippen molar-refractivity contribution in [3.8, 4) is 11.5 Å². The lowest BCUT2D eigenvalue weighted by atomic mass is 10.1. The van der Waals surface area contributed by atoms with Crippen LogP contribution in [0.1, 0.15) is 20.7 Å². The number of halogens is 1. The summed E-state index contributed by atoms with van der Waals surface area (Å²) in [5, 5.41) is 0. The molecule has 0 bridgehead atoms. The lowest BCUT2D eigenvalue weighted by Crippen LogP contribution is -2.16. The van der Waals surface area contributed by atoms with Gasteiger partial charge in [-0.15, -0.1) is 0 Å². The van der Waals surface area contributed by atoms with E-state index in [2.05, 4.69) is 0 Å². The summed E-state index contributed by atoms with van der Waals surface area (Å²) in [6.07, 6.45) is 0. The topological polar surface area (TPSA) is 61.8 Å². The van der Waals surface area contributed by atoms with Gasteiger partial charge in [0, 0.05) is 6.07 Å². The normalized spacial score (nSPS) is 10.0. The van der Waals surface area contributed by atoms with E-state index in [1.807, 2.05) is 0 Å². The van der Waals surface area contributed by atoms with E-state index in [1.54, 1.807) is 24.3 Å². The lowest BCUT2D eigenvalue weighted by molar-refractivity contribution is 0.0469. The van der Waals surface area contributed by atoms with Crippen LogP contribution >= 0.6 is 0 Å². The van der Waals surface area contributed by atoms with Gasteiger partial charge in [0.25, 0.3) is 0 Å². The van der Waals surface area contributed by atoms with Gasteiger partial charge in [0.1, 0.15) is 17.3 Å². The molecule has 0 saturated heterocycles. The molecule has 5 nitrogen and oxygen atoms in total. The van der Waals surface area contributed by atoms with Crippen molar-refractivity contribution < 1.29 is 28.2 Å². The molecule has 0 saturated carbocycles. The number of benzene rings is 2. The molecule has 2 aromatic carbocycles. The van der Waals surface area contributed by atoms with E-state index in [-0.39, 0.29) is 16.9 Å². The van der Waals surface area contributed by atoms with Gasteiger partial charge in [0.2, 0.25) is 5.78 Å². The summed E-state index contributed by atoms with van der Waals surface area (Å²) in [6, 6.07) is 10.3. The van der Waals surface area contributed by atoms with E-state index >= 15 is 0 Å². The predicted molar refractivity (Wildman–Crippen MR) is 80.6 cm³/mol. The third-order valence-corrected chi connectivity index (χ3v) is 3.14. The number of hydrogen-bond acceptors (Lipinski definition) is 5. The first-order valence-corrected chi connectivity index (χ1v) is 6.73. The minimum atomic E-state index is -0.923. The van der Waals surface area contributed by atoms with Crippen LogP contribution < -0.4 is 9.47 Å². The molecule has 120 valence electrons. The summed E-state index contributed by atoms with van der Waals surface area (Å²) < 4.78 is 28.6. The third kappa shape index (κ3) is 3.85. The summed E-state index contributed by atoms with van der Waals surface area (Å²) in [5.41, 5.74) is 0.0247. The van der Waals surface area contributed by atoms with Crippen molar-refractivity contribution in [2.45, 2.75) is 0 Å². The van der Waals surface area contributed by atoms with Crippen LogP contribution in [0.2, 0.25) is 0 Å². The summed E-state index contributed by atoms with van der Waals surface area (Å²) in [6.45, 7) is -0.509. The van der Waals surface area contributed by atoms with Crippen molar-refractivity contribution in [3.05, 3.63) is 59.4 Å². The molecule has 0 spiro atoms. The minimum absolute atomic E-state index is 0.265. The van der Waals surface area contributed by atoms with Gasteiger partial charge in [-0.2, -0.15) is 0 Å². The fraction of sp³-hybridized carbons (Fsp3) is 0.176. The van der Waals surface area contributed by atoms with Crippen molar-refractivity contribution in [3.63, 3.8) is 0 Å². The minimum Gasteiger partial charge on any atom is -0.497 e. The van der Waals surface area contributed by atoms with E-state index < -0.39 is 24.2 Å². The number of Topliss-reactive ketones (excluding diaryl/α,β-unsaturated/α-hetero) is 1. The quantitative estimate of drug-likeness (QED) is 0.605. The standard InChI is InChI=1S/C17H15FO5/c1-21-11-7-8-12(14(18)9-11)17(20)23-10-15(19)13-5-3-4-6-16(13)22-2/h3-9H,10H2,1-2H3. The Morgan fingerprint density at radius 1 is 1.00 bits per heavy atom. The largest absolute Gasteiger partial charge is 0.497 e. The molecule has 0 radical (unpaired) electrons. The number of carbonyl (C=O) groups is 2. The van der Waals surface area contributed by atoms with E-state index in [0.29, 0.717) is 5.75 Å². The molecule has 0 amide bonds. The Labute approximate surface area is 132 Å². The number of ketones is 1. The predicted octanol–water partition coefficient (Wildman–Crippen LogP) is 2.88. The van der Waals surface area contributed by atoms with Gasteiger partial charge >= 0.3 is 5.97 Å². The second-order valence-corrected chi connectivity index (χ2v) is 4.55. The molecule has 0 aliphatic heterocycles. The highest BCUT2D eigenvalue weighted by Gasteiger charge is 2.18. The Morgan fingerprint density at radius 2 is 1.74 bits per heavy atom. The van der Waals surface area contributed by atoms with E-state index in [9.17, 15) is 14.0 Å². The molecule has 2 aromatic rings. The van der Waals surface area contributed by atoms with Crippen LogP contribution in [0.5, 0.6) is 11.5 Å². The maximum atomic E-state index is 13.8. The first-order valence-electron chi connectivity index (χ1n) is 6.73. The maximum absolute atomic E-state index is 13.8. The van der Waals surface area contributed by atoms with Crippen LogP contribution in [0.3, 0.4) is 0 Å². The smallest absolute Gasteiger partial charge is 0.341 e. The van der Waals surface area contributed by atoms with Gasteiger partial charge in [0.15, 0.2) is 6.61 Å². The van der Waals surface area contributed by atoms with Gasteiger partial charge in [-0.05, 0) is 24.3 Å². The zero-order valence-corrected chi connectivity index (χ0v) is 12.7. The van der Waals surface area contributed by atoms with Crippen LogP contribution in [0.4, 0.5) is 4.39 Å². The molecule has 0 aliphatic carbocycles. The Hall–Kier alpha value is -2.89.